The highest BCUT2D eigenvalue weighted by Crippen LogP contribution is 2.48. The van der Waals surface area contributed by atoms with E-state index in [-0.39, 0.29) is 33.7 Å². The Hall–Kier alpha value is -3.26. The van der Waals surface area contributed by atoms with Crippen LogP contribution in [0.25, 0.3) is 22.6 Å². The molecule has 3 heterocycles. The first-order chi connectivity index (χ1) is 14.6. The van der Waals surface area contributed by atoms with Crippen LogP contribution in [0.2, 0.25) is 0 Å². The largest absolute Gasteiger partial charge is 0.586 e. The van der Waals surface area contributed by atoms with Crippen LogP contribution in [0.15, 0.2) is 29.3 Å². The zero-order chi connectivity index (χ0) is 22.2. The zero-order valence-electron chi connectivity index (χ0n) is 16.5. The van der Waals surface area contributed by atoms with Crippen molar-refractivity contribution in [3.63, 3.8) is 0 Å². The monoisotopic (exact) mass is 446 g/mol. The minimum atomic E-state index is -3.75. The van der Waals surface area contributed by atoms with E-state index >= 15 is 0 Å². The number of ether oxygens (including phenoxy) is 2. The van der Waals surface area contributed by atoms with Crippen molar-refractivity contribution in [3.8, 4) is 29.1 Å². The van der Waals surface area contributed by atoms with E-state index in [9.17, 15) is 22.5 Å². The number of hydrogen-bond donors (Lipinski definition) is 0. The van der Waals surface area contributed by atoms with Gasteiger partial charge in [-0.2, -0.15) is 5.26 Å². The van der Waals surface area contributed by atoms with E-state index in [1.807, 2.05) is 0 Å². The van der Waals surface area contributed by atoms with Gasteiger partial charge in [0.15, 0.2) is 27.2 Å². The second-order valence-corrected chi connectivity index (χ2v) is 9.86. The maximum Gasteiger partial charge on any atom is 0.586 e. The molecule has 0 amide bonds. The van der Waals surface area contributed by atoms with Crippen LogP contribution in [0.1, 0.15) is 25.3 Å². The van der Waals surface area contributed by atoms with Gasteiger partial charge in [-0.1, -0.05) is 6.92 Å². The lowest BCUT2D eigenvalue weighted by Gasteiger charge is -2.13. The van der Waals surface area contributed by atoms with E-state index in [2.05, 4.69) is 25.5 Å². The summed E-state index contributed by atoms with van der Waals surface area (Å²) >= 11 is 0. The normalized spacial score (nSPS) is 18.2. The van der Waals surface area contributed by atoms with E-state index in [0.29, 0.717) is 29.4 Å². The average Bonchev–Trinajstić information content (AvgIpc) is 3.39. The molecule has 2 aliphatic rings. The molecule has 0 unspecified atom stereocenters. The molecule has 0 radical (unpaired) electrons. The van der Waals surface area contributed by atoms with Crippen LogP contribution < -0.4 is 9.47 Å². The predicted octanol–water partition coefficient (Wildman–Crippen LogP) is 3.31. The number of alkyl halides is 2. The highest BCUT2D eigenvalue weighted by molar-refractivity contribution is 7.91. The van der Waals surface area contributed by atoms with Crippen LogP contribution >= 0.6 is 0 Å². The van der Waals surface area contributed by atoms with Crippen LogP contribution in [-0.4, -0.2) is 35.0 Å². The first-order valence-electron chi connectivity index (χ1n) is 9.50. The molecule has 0 spiro atoms. The molecule has 1 aliphatic heterocycles. The molecule has 160 valence electrons. The Morgan fingerprint density at radius 3 is 2.52 bits per heavy atom. The van der Waals surface area contributed by atoms with Gasteiger partial charge in [0.1, 0.15) is 5.69 Å². The van der Waals surface area contributed by atoms with Gasteiger partial charge < -0.3 is 14.0 Å². The number of aromatic nitrogens is 3. The molecule has 1 saturated carbocycles. The van der Waals surface area contributed by atoms with Gasteiger partial charge in [-0.15, -0.1) is 8.78 Å². The quantitative estimate of drug-likeness (QED) is 0.605. The van der Waals surface area contributed by atoms with Crippen LogP contribution in [0, 0.1) is 11.3 Å². The summed E-state index contributed by atoms with van der Waals surface area (Å²) in [5.74, 6) is -0.205. The third-order valence-electron chi connectivity index (χ3n) is 5.70. The van der Waals surface area contributed by atoms with Crippen molar-refractivity contribution in [1.29, 1.82) is 5.26 Å². The lowest BCUT2D eigenvalue weighted by Crippen LogP contribution is -2.25. The molecule has 1 fully saturated rings. The number of hydrogen-bond acceptors (Lipinski definition) is 7. The standard InChI is InChI=1S/C20H16F2N4O4S/c1-3-31(27,28)16-6-11(19(10-23)4-5-19)9-24-17(16)18-25-12-7-14-15(8-13(12)26(18)2)30-20(21,22)29-14/h6-9H,3-5H2,1-2H3. The minimum absolute atomic E-state index is 0.0148. The van der Waals surface area contributed by atoms with Gasteiger partial charge in [-0.05, 0) is 24.5 Å². The number of halogens is 2. The number of benzene rings is 1. The Labute approximate surface area is 176 Å². The summed E-state index contributed by atoms with van der Waals surface area (Å²) in [7, 11) is -2.07. The van der Waals surface area contributed by atoms with Gasteiger partial charge in [-0.25, -0.2) is 13.4 Å². The Bertz CT molecular complexity index is 1400. The number of pyridine rings is 1. The summed E-state index contributed by atoms with van der Waals surface area (Å²) in [4.78, 5) is 8.80. The highest BCUT2D eigenvalue weighted by Gasteiger charge is 2.46. The maximum atomic E-state index is 13.4. The first kappa shape index (κ1) is 19.7. The number of sulfone groups is 1. The summed E-state index contributed by atoms with van der Waals surface area (Å²) in [6.07, 6.45) is -0.939. The van der Waals surface area contributed by atoms with E-state index in [1.165, 1.54) is 31.3 Å². The molecule has 1 aliphatic carbocycles. The van der Waals surface area contributed by atoms with Crippen molar-refractivity contribution in [2.75, 3.05) is 5.75 Å². The van der Waals surface area contributed by atoms with Crippen molar-refractivity contribution in [2.24, 2.45) is 7.05 Å². The molecule has 8 nitrogen and oxygen atoms in total. The van der Waals surface area contributed by atoms with Gasteiger partial charge >= 0.3 is 6.29 Å². The fourth-order valence-electron chi connectivity index (χ4n) is 3.70. The van der Waals surface area contributed by atoms with E-state index in [0.717, 1.165) is 0 Å². The van der Waals surface area contributed by atoms with Crippen LogP contribution in [0.4, 0.5) is 8.78 Å². The Balaban J connectivity index is 1.70. The summed E-state index contributed by atoms with van der Waals surface area (Å²) < 4.78 is 63.0. The first-order valence-corrected chi connectivity index (χ1v) is 11.2. The van der Waals surface area contributed by atoms with Crippen molar-refractivity contribution in [1.82, 2.24) is 14.5 Å². The molecule has 2 aromatic heterocycles. The fraction of sp³-hybridized carbons (Fsp3) is 0.350. The molecule has 0 N–H and O–H groups in total. The molecule has 1 aromatic carbocycles. The van der Waals surface area contributed by atoms with Crippen LogP contribution in [-0.2, 0) is 22.3 Å². The van der Waals surface area contributed by atoms with Gasteiger partial charge in [0.25, 0.3) is 0 Å². The van der Waals surface area contributed by atoms with Crippen molar-refractivity contribution >= 4 is 20.9 Å². The molecule has 5 rings (SSSR count). The molecule has 0 saturated heterocycles. The van der Waals surface area contributed by atoms with Crippen molar-refractivity contribution in [3.05, 3.63) is 30.0 Å². The molecule has 0 atom stereocenters. The van der Waals surface area contributed by atoms with E-state index in [4.69, 9.17) is 0 Å². The molecule has 11 heteroatoms. The van der Waals surface area contributed by atoms with Gasteiger partial charge in [0, 0.05) is 25.4 Å². The molecular weight excluding hydrogens is 430 g/mol. The topological polar surface area (TPSA) is 107 Å². The number of imidazole rings is 1. The Morgan fingerprint density at radius 2 is 1.90 bits per heavy atom. The number of aryl methyl sites for hydroxylation is 1. The van der Waals surface area contributed by atoms with E-state index < -0.39 is 21.5 Å². The molecule has 0 bridgehead atoms. The SMILES string of the molecule is CCS(=O)(=O)c1cc(C2(C#N)CC2)cnc1-c1nc2cc3c(cc2n1C)OC(F)(F)O3. The van der Waals surface area contributed by atoms with Gasteiger partial charge in [0.2, 0.25) is 0 Å². The highest BCUT2D eigenvalue weighted by atomic mass is 32.2. The predicted molar refractivity (Wildman–Crippen MR) is 104 cm³/mol. The summed E-state index contributed by atoms with van der Waals surface area (Å²) in [6, 6.07) is 6.42. The van der Waals surface area contributed by atoms with Crippen molar-refractivity contribution < 1.29 is 26.7 Å². The second kappa shape index (κ2) is 6.13. The smallest absolute Gasteiger partial charge is 0.395 e. The molecule has 3 aromatic rings. The minimum Gasteiger partial charge on any atom is -0.395 e. The summed E-state index contributed by atoms with van der Waals surface area (Å²) in [5, 5.41) is 9.48. The summed E-state index contributed by atoms with van der Waals surface area (Å²) in [5.41, 5.74) is 0.754. The zero-order valence-corrected chi connectivity index (χ0v) is 17.3. The van der Waals surface area contributed by atoms with Gasteiger partial charge in [-0.3, -0.25) is 4.98 Å². The Kier molecular flexibility index (Phi) is 3.90. The lowest BCUT2D eigenvalue weighted by molar-refractivity contribution is -0.286. The van der Waals surface area contributed by atoms with Crippen LogP contribution in [0.5, 0.6) is 11.5 Å². The van der Waals surface area contributed by atoms with Crippen molar-refractivity contribution in [2.45, 2.75) is 36.4 Å². The third-order valence-corrected chi connectivity index (χ3v) is 7.44. The average molecular weight is 446 g/mol. The fourth-order valence-corrected chi connectivity index (χ4v) is 4.76. The maximum absolute atomic E-state index is 13.4. The molecule has 31 heavy (non-hydrogen) atoms. The summed E-state index contributed by atoms with van der Waals surface area (Å²) in [6.45, 7) is 1.53. The molecular formula is C20H16F2N4O4S. The number of nitriles is 1. The second-order valence-electron chi connectivity index (χ2n) is 7.62. The Morgan fingerprint density at radius 1 is 1.23 bits per heavy atom. The van der Waals surface area contributed by atoms with E-state index in [1.54, 1.807) is 11.6 Å². The number of fused-ring (bicyclic) bond motifs is 2. The van der Waals surface area contributed by atoms with Gasteiger partial charge in [0.05, 0.1) is 33.2 Å². The lowest BCUT2D eigenvalue weighted by atomic mass is 9.99. The number of nitrogens with zero attached hydrogens (tertiary/aromatic N) is 4. The van der Waals surface area contributed by atoms with Crippen LogP contribution in [0.3, 0.4) is 0 Å². The third kappa shape index (κ3) is 2.93. The number of rotatable bonds is 4.